The van der Waals surface area contributed by atoms with Crippen molar-refractivity contribution in [3.63, 3.8) is 0 Å². The Kier molecular flexibility index (Phi) is 4.12. The zero-order valence-corrected chi connectivity index (χ0v) is 15.5. The Balaban J connectivity index is 1.23. The van der Waals surface area contributed by atoms with Gasteiger partial charge in [-0.15, -0.1) is 0 Å². The molecule has 0 radical (unpaired) electrons. The average molecular weight is 347 g/mol. The maximum absolute atomic E-state index is 13.1. The number of carbonyl (C=O) groups excluding carboxylic acids is 1. The summed E-state index contributed by atoms with van der Waals surface area (Å²) in [5.74, 6) is 3.66. The van der Waals surface area contributed by atoms with E-state index in [-0.39, 0.29) is 11.9 Å². The highest BCUT2D eigenvalue weighted by Gasteiger charge is 2.49. The molecule has 1 heterocycles. The van der Waals surface area contributed by atoms with E-state index in [0.29, 0.717) is 12.6 Å². The molecular formula is C21H34N2O2. The molecule has 0 aromatic heterocycles. The Morgan fingerprint density at radius 3 is 2.28 bits per heavy atom. The molecule has 0 aromatic carbocycles. The van der Waals surface area contributed by atoms with Gasteiger partial charge in [-0.2, -0.15) is 0 Å². The molecule has 2 N–H and O–H groups in total. The highest BCUT2D eigenvalue weighted by Crippen LogP contribution is 2.53. The fraction of sp³-hybridized carbons (Fsp3) is 0.952. The van der Waals surface area contributed by atoms with Gasteiger partial charge in [-0.1, -0.05) is 12.8 Å². The lowest BCUT2D eigenvalue weighted by Gasteiger charge is -2.54. The molecule has 1 aliphatic heterocycles. The third-order valence-corrected chi connectivity index (χ3v) is 8.23. The summed E-state index contributed by atoms with van der Waals surface area (Å²) in [6.07, 6.45) is 13.0. The molecule has 6 fully saturated rings. The van der Waals surface area contributed by atoms with E-state index in [2.05, 4.69) is 10.2 Å². The normalized spacial score (nSPS) is 45.2. The molecule has 0 unspecified atom stereocenters. The van der Waals surface area contributed by atoms with Gasteiger partial charge in [0.1, 0.15) is 0 Å². The third-order valence-electron chi connectivity index (χ3n) is 8.23. The lowest BCUT2D eigenvalue weighted by molar-refractivity contribution is -0.130. The van der Waals surface area contributed by atoms with Crippen molar-refractivity contribution in [2.45, 2.75) is 88.3 Å². The van der Waals surface area contributed by atoms with Crippen LogP contribution < -0.4 is 5.32 Å². The predicted octanol–water partition coefficient (Wildman–Crippen LogP) is 2.70. The lowest BCUT2D eigenvalue weighted by atomic mass is 9.54. The largest absolute Gasteiger partial charge is 0.389 e. The van der Waals surface area contributed by atoms with Gasteiger partial charge in [-0.3, -0.25) is 9.69 Å². The minimum atomic E-state index is -0.536. The van der Waals surface area contributed by atoms with Crippen molar-refractivity contribution >= 4 is 5.91 Å². The summed E-state index contributed by atoms with van der Waals surface area (Å²) >= 11 is 0. The molecule has 5 saturated carbocycles. The van der Waals surface area contributed by atoms with Gasteiger partial charge >= 0.3 is 0 Å². The zero-order chi connectivity index (χ0) is 17.0. The van der Waals surface area contributed by atoms with Crippen LogP contribution in [0.5, 0.6) is 0 Å². The molecule has 140 valence electrons. The topological polar surface area (TPSA) is 52.6 Å². The van der Waals surface area contributed by atoms with Gasteiger partial charge in [0.15, 0.2) is 0 Å². The second-order valence-electron chi connectivity index (χ2n) is 10.0. The fourth-order valence-corrected chi connectivity index (χ4v) is 7.30. The van der Waals surface area contributed by atoms with Crippen molar-refractivity contribution in [2.24, 2.45) is 23.7 Å². The molecule has 5 aliphatic carbocycles. The van der Waals surface area contributed by atoms with E-state index in [1.165, 1.54) is 32.1 Å². The second kappa shape index (κ2) is 6.23. The first-order valence-electron chi connectivity index (χ1n) is 10.9. The van der Waals surface area contributed by atoms with Crippen LogP contribution in [-0.4, -0.2) is 46.7 Å². The number of aliphatic hydroxyl groups is 1. The molecule has 25 heavy (non-hydrogen) atoms. The molecule has 1 amide bonds. The highest BCUT2D eigenvalue weighted by molar-refractivity contribution is 5.82. The number of rotatable bonds is 4. The molecule has 6 rings (SSSR count). The van der Waals surface area contributed by atoms with Crippen molar-refractivity contribution in [1.82, 2.24) is 10.2 Å². The molecule has 1 atom stereocenters. The van der Waals surface area contributed by atoms with Crippen LogP contribution in [0.25, 0.3) is 0 Å². The quantitative estimate of drug-likeness (QED) is 0.823. The van der Waals surface area contributed by atoms with Crippen LogP contribution in [0.15, 0.2) is 0 Å². The number of nitrogens with one attached hydrogen (secondary N) is 1. The molecule has 1 saturated heterocycles. The average Bonchev–Trinajstić information content (AvgIpc) is 3.19. The first kappa shape index (κ1) is 16.6. The predicted molar refractivity (Wildman–Crippen MR) is 97.0 cm³/mol. The Bertz CT molecular complexity index is 500. The van der Waals surface area contributed by atoms with Crippen LogP contribution >= 0.6 is 0 Å². The van der Waals surface area contributed by atoms with Crippen LogP contribution in [0.2, 0.25) is 0 Å². The Morgan fingerprint density at radius 2 is 1.64 bits per heavy atom. The molecule has 4 heteroatoms. The Morgan fingerprint density at radius 1 is 1.00 bits per heavy atom. The van der Waals surface area contributed by atoms with E-state index in [1.807, 2.05) is 0 Å². The van der Waals surface area contributed by atoms with Crippen molar-refractivity contribution in [1.29, 1.82) is 0 Å². The van der Waals surface area contributed by atoms with Gasteiger partial charge in [0.25, 0.3) is 0 Å². The number of likely N-dealkylation sites (tertiary alicyclic amines) is 1. The molecule has 0 spiro atoms. The lowest BCUT2D eigenvalue weighted by Crippen LogP contribution is -2.59. The van der Waals surface area contributed by atoms with Crippen LogP contribution in [0.1, 0.15) is 70.6 Å². The van der Waals surface area contributed by atoms with Crippen molar-refractivity contribution < 1.29 is 9.90 Å². The van der Waals surface area contributed by atoms with Gasteiger partial charge in [-0.25, -0.2) is 0 Å². The highest BCUT2D eigenvalue weighted by atomic mass is 16.3. The minimum Gasteiger partial charge on any atom is -0.389 e. The van der Waals surface area contributed by atoms with Gasteiger partial charge in [0.2, 0.25) is 5.91 Å². The zero-order valence-electron chi connectivity index (χ0n) is 15.5. The summed E-state index contributed by atoms with van der Waals surface area (Å²) in [6.45, 7) is 1.68. The molecule has 4 bridgehead atoms. The van der Waals surface area contributed by atoms with E-state index >= 15 is 0 Å². The van der Waals surface area contributed by atoms with E-state index in [9.17, 15) is 9.90 Å². The van der Waals surface area contributed by atoms with Crippen LogP contribution in [-0.2, 0) is 4.79 Å². The molecular weight excluding hydrogens is 312 g/mol. The number of nitrogens with zero attached hydrogens (tertiary/aromatic N) is 1. The third kappa shape index (κ3) is 3.03. The van der Waals surface area contributed by atoms with Crippen molar-refractivity contribution in [3.05, 3.63) is 0 Å². The Labute approximate surface area is 151 Å². The summed E-state index contributed by atoms with van der Waals surface area (Å²) in [7, 11) is 0. The maximum Gasteiger partial charge on any atom is 0.237 e. The van der Waals surface area contributed by atoms with Crippen LogP contribution in [0.3, 0.4) is 0 Å². The standard InChI is InChI=1S/C21H34N2O2/c24-20(18-4-3-7-23(18)13-21(25)5-1-2-6-21)22-19-16-9-14-8-15(11-16)12-17(19)10-14/h14-19,25H,1-13H2,(H,22,24)/t14?,15?,16?,17?,18-,19?/m1/s1. The SMILES string of the molecule is O=C(NC1C2CC3CC(C2)CC1C3)[C@H]1CCCN1CC1(O)CCCC1. The maximum atomic E-state index is 13.1. The summed E-state index contributed by atoms with van der Waals surface area (Å²) in [5, 5.41) is 14.3. The first-order chi connectivity index (χ1) is 12.1. The number of β-amino-alcohol motifs (C(OH)–C–C–N with tert-alkyl or cyclic N) is 1. The van der Waals surface area contributed by atoms with Gasteiger partial charge in [0, 0.05) is 12.6 Å². The van der Waals surface area contributed by atoms with E-state index < -0.39 is 5.60 Å². The molecule has 6 aliphatic rings. The summed E-state index contributed by atoms with van der Waals surface area (Å²) in [6, 6.07) is 0.444. The van der Waals surface area contributed by atoms with Crippen LogP contribution in [0.4, 0.5) is 0 Å². The minimum absolute atomic E-state index is 0.00168. The second-order valence-corrected chi connectivity index (χ2v) is 10.0. The fourth-order valence-electron chi connectivity index (χ4n) is 7.30. The van der Waals surface area contributed by atoms with Crippen LogP contribution in [0, 0.1) is 23.7 Å². The summed E-state index contributed by atoms with van der Waals surface area (Å²) in [5.41, 5.74) is -0.536. The van der Waals surface area contributed by atoms with E-state index in [0.717, 1.165) is 68.7 Å². The number of hydrogen-bond donors (Lipinski definition) is 2. The number of amides is 1. The van der Waals surface area contributed by atoms with Gasteiger partial charge in [-0.05, 0) is 88.0 Å². The van der Waals surface area contributed by atoms with E-state index in [1.54, 1.807) is 0 Å². The van der Waals surface area contributed by atoms with Gasteiger partial charge < -0.3 is 10.4 Å². The van der Waals surface area contributed by atoms with Gasteiger partial charge in [0.05, 0.1) is 11.6 Å². The monoisotopic (exact) mass is 346 g/mol. The van der Waals surface area contributed by atoms with Crippen molar-refractivity contribution in [3.8, 4) is 0 Å². The Hall–Kier alpha value is -0.610. The first-order valence-corrected chi connectivity index (χ1v) is 10.9. The van der Waals surface area contributed by atoms with E-state index in [4.69, 9.17) is 0 Å². The summed E-state index contributed by atoms with van der Waals surface area (Å²) < 4.78 is 0. The number of carbonyl (C=O) groups is 1. The smallest absolute Gasteiger partial charge is 0.237 e. The van der Waals surface area contributed by atoms with Crippen molar-refractivity contribution in [2.75, 3.05) is 13.1 Å². The summed E-state index contributed by atoms with van der Waals surface area (Å²) in [4.78, 5) is 15.4. The molecule has 4 nitrogen and oxygen atoms in total. The number of hydrogen-bond acceptors (Lipinski definition) is 3. The molecule has 0 aromatic rings.